The maximum atomic E-state index is 12.0. The lowest BCUT2D eigenvalue weighted by molar-refractivity contribution is 0.102. The van der Waals surface area contributed by atoms with Gasteiger partial charge in [0.25, 0.3) is 5.91 Å². The van der Waals surface area contributed by atoms with E-state index in [1.807, 2.05) is 0 Å². The predicted molar refractivity (Wildman–Crippen MR) is 72.8 cm³/mol. The van der Waals surface area contributed by atoms with Crippen LogP contribution >= 0.6 is 11.6 Å². The number of nitrogens with one attached hydrogen (secondary N) is 2. The third-order valence-corrected chi connectivity index (χ3v) is 2.85. The van der Waals surface area contributed by atoms with Gasteiger partial charge in [-0.15, -0.1) is 0 Å². The van der Waals surface area contributed by atoms with Crippen molar-refractivity contribution in [2.24, 2.45) is 0 Å². The van der Waals surface area contributed by atoms with E-state index in [0.717, 1.165) is 0 Å². The maximum absolute atomic E-state index is 12.0. The summed E-state index contributed by atoms with van der Waals surface area (Å²) in [5.74, 6) is -0.408. The number of phenolic OH excluding ortho intramolecular Hbond substituents is 1. The highest BCUT2D eigenvalue weighted by Gasteiger charge is 2.12. The molecule has 0 fully saturated rings. The molecule has 1 aromatic carbocycles. The van der Waals surface area contributed by atoms with E-state index in [1.54, 1.807) is 12.1 Å². The van der Waals surface area contributed by atoms with Crippen LogP contribution in [0.1, 0.15) is 10.4 Å². The van der Waals surface area contributed by atoms with Crippen molar-refractivity contribution in [2.75, 3.05) is 5.32 Å². The molecule has 8 heteroatoms. The summed E-state index contributed by atoms with van der Waals surface area (Å²) in [6.07, 6.45) is 1.44. The lowest BCUT2D eigenvalue weighted by Gasteiger charge is -2.04. The summed E-state index contributed by atoms with van der Waals surface area (Å²) in [7, 11) is 0. The summed E-state index contributed by atoms with van der Waals surface area (Å²) in [5, 5.41) is 12.0. The Hall–Kier alpha value is -2.67. The molecule has 0 atom stereocenters. The molecule has 0 spiro atoms. The number of aromatic hydroxyl groups is 1. The molecule has 0 unspecified atom stereocenters. The second-order valence-corrected chi connectivity index (χ2v) is 4.30. The SMILES string of the molecule is O=C(Nc1nc(Cl)c2[nH]cnc2n1)c1cccc(O)c1. The van der Waals surface area contributed by atoms with Crippen LogP contribution in [0.3, 0.4) is 0 Å². The topological polar surface area (TPSA) is 104 Å². The monoisotopic (exact) mass is 289 g/mol. The van der Waals surface area contributed by atoms with Crippen LogP contribution in [0.15, 0.2) is 30.6 Å². The molecular formula is C12H8ClN5O2. The van der Waals surface area contributed by atoms with E-state index in [9.17, 15) is 9.90 Å². The average Bonchev–Trinajstić information content (AvgIpc) is 2.87. The molecule has 0 aliphatic rings. The minimum absolute atomic E-state index is 0.000598. The van der Waals surface area contributed by atoms with Crippen molar-refractivity contribution in [1.82, 2.24) is 19.9 Å². The predicted octanol–water partition coefficient (Wildman–Crippen LogP) is 1.96. The van der Waals surface area contributed by atoms with Gasteiger partial charge in [-0.2, -0.15) is 9.97 Å². The fourth-order valence-corrected chi connectivity index (χ4v) is 1.89. The van der Waals surface area contributed by atoms with Gasteiger partial charge in [-0.25, -0.2) is 4.98 Å². The third kappa shape index (κ3) is 2.26. The standard InChI is InChI=1S/C12H8ClN5O2/c13-9-8-10(15-5-14-8)17-12(16-9)18-11(20)6-2-1-3-7(19)4-6/h1-5,19H,(H2,14,15,16,17,18,20). The van der Waals surface area contributed by atoms with Crippen molar-refractivity contribution in [3.8, 4) is 5.75 Å². The van der Waals surface area contributed by atoms with Crippen molar-refractivity contribution in [3.63, 3.8) is 0 Å². The van der Waals surface area contributed by atoms with Crippen LogP contribution in [0, 0.1) is 0 Å². The van der Waals surface area contributed by atoms with E-state index in [2.05, 4.69) is 25.3 Å². The van der Waals surface area contributed by atoms with Gasteiger partial charge in [0.05, 0.1) is 6.33 Å². The molecule has 0 aliphatic heterocycles. The quantitative estimate of drug-likeness (QED) is 0.626. The van der Waals surface area contributed by atoms with Crippen LogP contribution in [0.4, 0.5) is 5.95 Å². The van der Waals surface area contributed by atoms with Crippen molar-refractivity contribution in [2.45, 2.75) is 0 Å². The first-order valence-electron chi connectivity index (χ1n) is 5.60. The molecule has 0 saturated carbocycles. The minimum Gasteiger partial charge on any atom is -0.508 e. The number of fused-ring (bicyclic) bond motifs is 1. The Morgan fingerprint density at radius 2 is 2.20 bits per heavy atom. The van der Waals surface area contributed by atoms with Gasteiger partial charge in [0.2, 0.25) is 5.95 Å². The number of rotatable bonds is 2. The highest BCUT2D eigenvalue weighted by Crippen LogP contribution is 2.19. The molecule has 3 N–H and O–H groups in total. The molecule has 7 nitrogen and oxygen atoms in total. The number of amides is 1. The number of carbonyl (C=O) groups excluding carboxylic acids is 1. The first kappa shape index (κ1) is 12.4. The van der Waals surface area contributed by atoms with Crippen molar-refractivity contribution < 1.29 is 9.90 Å². The van der Waals surface area contributed by atoms with Crippen LogP contribution < -0.4 is 5.32 Å². The van der Waals surface area contributed by atoms with Gasteiger partial charge in [0.1, 0.15) is 11.3 Å². The molecular weight excluding hydrogens is 282 g/mol. The summed E-state index contributed by atoms with van der Waals surface area (Å²) >= 11 is 5.94. The molecule has 3 aromatic rings. The Morgan fingerprint density at radius 3 is 3.00 bits per heavy atom. The Bertz CT molecular complexity index is 801. The van der Waals surface area contributed by atoms with Crippen molar-refractivity contribution >= 4 is 34.6 Å². The molecule has 1 amide bonds. The van der Waals surface area contributed by atoms with Gasteiger partial charge in [0, 0.05) is 5.56 Å². The summed E-state index contributed by atoms with van der Waals surface area (Å²) in [5.41, 5.74) is 1.14. The Morgan fingerprint density at radius 1 is 1.35 bits per heavy atom. The Labute approximate surface area is 117 Å². The number of anilines is 1. The fraction of sp³-hybridized carbons (Fsp3) is 0. The molecule has 0 bridgehead atoms. The van der Waals surface area contributed by atoms with E-state index >= 15 is 0 Å². The van der Waals surface area contributed by atoms with E-state index in [1.165, 1.54) is 18.5 Å². The summed E-state index contributed by atoms with van der Waals surface area (Å²) in [4.78, 5) is 26.7. The number of aromatic nitrogens is 4. The van der Waals surface area contributed by atoms with Gasteiger partial charge >= 0.3 is 0 Å². The third-order valence-electron chi connectivity index (χ3n) is 2.58. The first-order chi connectivity index (χ1) is 9.63. The molecule has 0 aliphatic carbocycles. The summed E-state index contributed by atoms with van der Waals surface area (Å²) < 4.78 is 0. The molecule has 0 saturated heterocycles. The molecule has 2 aromatic heterocycles. The van der Waals surface area contributed by atoms with Crippen LogP contribution in [0.5, 0.6) is 5.75 Å². The first-order valence-corrected chi connectivity index (χ1v) is 5.98. The normalized spacial score (nSPS) is 10.7. The number of H-pyrrole nitrogens is 1. The van der Waals surface area contributed by atoms with Gasteiger partial charge in [-0.1, -0.05) is 17.7 Å². The number of imidazole rings is 1. The molecule has 3 rings (SSSR count). The van der Waals surface area contributed by atoms with E-state index < -0.39 is 5.91 Å². The zero-order valence-electron chi connectivity index (χ0n) is 9.96. The van der Waals surface area contributed by atoms with E-state index in [-0.39, 0.29) is 22.4 Å². The Balaban J connectivity index is 1.91. The summed E-state index contributed by atoms with van der Waals surface area (Å²) in [6, 6.07) is 5.93. The average molecular weight is 290 g/mol. The lowest BCUT2D eigenvalue weighted by atomic mass is 10.2. The van der Waals surface area contributed by atoms with Crippen molar-refractivity contribution in [1.29, 1.82) is 0 Å². The molecule has 100 valence electrons. The number of nitrogens with zero attached hydrogens (tertiary/aromatic N) is 3. The fourth-order valence-electron chi connectivity index (χ4n) is 1.67. The van der Waals surface area contributed by atoms with Gasteiger partial charge in [-0.3, -0.25) is 10.1 Å². The molecule has 20 heavy (non-hydrogen) atoms. The number of hydrogen-bond donors (Lipinski definition) is 3. The second kappa shape index (κ2) is 4.78. The highest BCUT2D eigenvalue weighted by atomic mass is 35.5. The number of aromatic amines is 1. The largest absolute Gasteiger partial charge is 0.508 e. The van der Waals surface area contributed by atoms with Crippen LogP contribution in [0.2, 0.25) is 5.15 Å². The lowest BCUT2D eigenvalue weighted by Crippen LogP contribution is -2.14. The van der Waals surface area contributed by atoms with Crippen LogP contribution in [-0.4, -0.2) is 30.9 Å². The number of halogens is 1. The van der Waals surface area contributed by atoms with Crippen LogP contribution in [-0.2, 0) is 0 Å². The zero-order valence-corrected chi connectivity index (χ0v) is 10.7. The number of hydrogen-bond acceptors (Lipinski definition) is 5. The highest BCUT2D eigenvalue weighted by molar-refractivity contribution is 6.33. The van der Waals surface area contributed by atoms with Gasteiger partial charge in [-0.05, 0) is 18.2 Å². The van der Waals surface area contributed by atoms with Gasteiger partial charge in [0.15, 0.2) is 10.8 Å². The molecule has 0 radical (unpaired) electrons. The number of phenols is 1. The Kier molecular flexibility index (Phi) is 2.96. The van der Waals surface area contributed by atoms with Crippen molar-refractivity contribution in [3.05, 3.63) is 41.3 Å². The van der Waals surface area contributed by atoms with Gasteiger partial charge < -0.3 is 10.1 Å². The maximum Gasteiger partial charge on any atom is 0.258 e. The smallest absolute Gasteiger partial charge is 0.258 e. The second-order valence-electron chi connectivity index (χ2n) is 3.94. The zero-order chi connectivity index (χ0) is 14.1. The summed E-state index contributed by atoms with van der Waals surface area (Å²) in [6.45, 7) is 0. The number of carbonyl (C=O) groups is 1. The van der Waals surface area contributed by atoms with Crippen LogP contribution in [0.25, 0.3) is 11.2 Å². The van der Waals surface area contributed by atoms with E-state index in [0.29, 0.717) is 11.2 Å². The van der Waals surface area contributed by atoms with E-state index in [4.69, 9.17) is 11.6 Å². The number of benzene rings is 1. The molecule has 2 heterocycles. The minimum atomic E-state index is -0.452.